The highest BCUT2D eigenvalue weighted by Gasteiger charge is 2.37. The van der Waals surface area contributed by atoms with Crippen molar-refractivity contribution in [3.63, 3.8) is 0 Å². The van der Waals surface area contributed by atoms with E-state index in [9.17, 15) is 9.59 Å². The van der Waals surface area contributed by atoms with E-state index >= 15 is 0 Å². The number of amides is 2. The smallest absolute Gasteiger partial charge is 0.229 e. The molecule has 1 saturated heterocycles. The van der Waals surface area contributed by atoms with Crippen LogP contribution in [0.1, 0.15) is 30.5 Å². The molecule has 2 atom stereocenters. The summed E-state index contributed by atoms with van der Waals surface area (Å²) in [6.45, 7) is 4.43. The van der Waals surface area contributed by atoms with E-state index < -0.39 is 0 Å². The maximum Gasteiger partial charge on any atom is 0.229 e. The zero-order chi connectivity index (χ0) is 17.1. The normalized spacial score (nSPS) is 18.5. The minimum atomic E-state index is -0.303. The van der Waals surface area contributed by atoms with Gasteiger partial charge < -0.3 is 10.2 Å². The molecule has 2 amide bonds. The van der Waals surface area contributed by atoms with Crippen molar-refractivity contribution >= 4 is 17.5 Å². The zero-order valence-corrected chi connectivity index (χ0v) is 14.0. The van der Waals surface area contributed by atoms with Crippen molar-refractivity contribution in [2.45, 2.75) is 26.3 Å². The van der Waals surface area contributed by atoms with Crippen LogP contribution in [0.15, 0.2) is 54.6 Å². The monoisotopic (exact) mass is 322 g/mol. The molecule has 1 heterocycles. The topological polar surface area (TPSA) is 49.4 Å². The maximum absolute atomic E-state index is 12.5. The quantitative estimate of drug-likeness (QED) is 0.936. The van der Waals surface area contributed by atoms with E-state index in [1.807, 2.05) is 68.4 Å². The van der Waals surface area contributed by atoms with E-state index in [0.717, 1.165) is 16.8 Å². The van der Waals surface area contributed by atoms with Crippen molar-refractivity contribution < 1.29 is 9.59 Å². The molecule has 0 unspecified atom stereocenters. The van der Waals surface area contributed by atoms with Gasteiger partial charge in [-0.2, -0.15) is 0 Å². The summed E-state index contributed by atoms with van der Waals surface area (Å²) >= 11 is 0. The molecule has 3 rings (SSSR count). The molecule has 0 aliphatic carbocycles. The first-order valence-electron chi connectivity index (χ1n) is 8.27. The van der Waals surface area contributed by atoms with Gasteiger partial charge in [0.25, 0.3) is 0 Å². The average Bonchev–Trinajstić information content (AvgIpc) is 2.99. The van der Waals surface area contributed by atoms with Crippen LogP contribution in [0.2, 0.25) is 0 Å². The molecule has 0 aromatic heterocycles. The van der Waals surface area contributed by atoms with Gasteiger partial charge in [0.15, 0.2) is 0 Å². The first kappa shape index (κ1) is 16.2. The molecular weight excluding hydrogens is 300 g/mol. The Kier molecular flexibility index (Phi) is 4.65. The summed E-state index contributed by atoms with van der Waals surface area (Å²) < 4.78 is 0. The Morgan fingerprint density at radius 1 is 1.12 bits per heavy atom. The summed E-state index contributed by atoms with van der Waals surface area (Å²) in [5, 5.41) is 2.95. The molecule has 4 heteroatoms. The van der Waals surface area contributed by atoms with Crippen molar-refractivity contribution in [3.8, 4) is 0 Å². The molecule has 24 heavy (non-hydrogen) atoms. The van der Waals surface area contributed by atoms with Gasteiger partial charge >= 0.3 is 0 Å². The number of rotatable bonds is 4. The number of carbonyl (C=O) groups excluding carboxylic acids is 2. The average molecular weight is 322 g/mol. The van der Waals surface area contributed by atoms with Gasteiger partial charge in [-0.25, -0.2) is 0 Å². The fraction of sp³-hybridized carbons (Fsp3) is 0.300. The van der Waals surface area contributed by atoms with Crippen LogP contribution in [0.4, 0.5) is 5.69 Å². The number of para-hydroxylation sites is 1. The Bertz CT molecular complexity index is 742. The Morgan fingerprint density at radius 2 is 1.79 bits per heavy atom. The summed E-state index contributed by atoms with van der Waals surface area (Å²) in [7, 11) is 0. The van der Waals surface area contributed by atoms with E-state index in [2.05, 4.69) is 5.32 Å². The number of carbonyl (C=O) groups is 2. The largest absolute Gasteiger partial charge is 0.335 e. The van der Waals surface area contributed by atoms with Crippen LogP contribution in [-0.4, -0.2) is 23.3 Å². The third-order valence-corrected chi connectivity index (χ3v) is 4.68. The highest BCUT2D eigenvalue weighted by molar-refractivity contribution is 5.97. The number of nitrogens with one attached hydrogen (secondary N) is 1. The van der Waals surface area contributed by atoms with Crippen molar-refractivity contribution in [1.82, 2.24) is 4.90 Å². The zero-order valence-electron chi connectivity index (χ0n) is 14.0. The van der Waals surface area contributed by atoms with Crippen LogP contribution in [0.3, 0.4) is 0 Å². The number of anilines is 1. The second-order valence-electron chi connectivity index (χ2n) is 6.34. The molecular formula is C20H22N2O2. The fourth-order valence-corrected chi connectivity index (χ4v) is 3.14. The molecule has 124 valence electrons. The van der Waals surface area contributed by atoms with E-state index in [1.54, 1.807) is 4.90 Å². The van der Waals surface area contributed by atoms with Crippen LogP contribution in [0.25, 0.3) is 0 Å². The van der Waals surface area contributed by atoms with Gasteiger partial charge in [0.1, 0.15) is 0 Å². The summed E-state index contributed by atoms with van der Waals surface area (Å²) in [5.74, 6) is -0.347. The first-order valence-corrected chi connectivity index (χ1v) is 8.27. The van der Waals surface area contributed by atoms with Crippen LogP contribution in [0.5, 0.6) is 0 Å². The van der Waals surface area contributed by atoms with Crippen LogP contribution < -0.4 is 5.32 Å². The SMILES string of the molecule is Cc1ccccc1NC(=O)[C@H]1CC(=O)N([C@H](C)c2ccccc2)C1. The molecule has 1 aliphatic heterocycles. The summed E-state index contributed by atoms with van der Waals surface area (Å²) in [6.07, 6.45) is 0.273. The van der Waals surface area contributed by atoms with E-state index in [1.165, 1.54) is 0 Å². The van der Waals surface area contributed by atoms with Crippen LogP contribution in [-0.2, 0) is 9.59 Å². The highest BCUT2D eigenvalue weighted by atomic mass is 16.2. The van der Waals surface area contributed by atoms with Crippen molar-refractivity contribution in [1.29, 1.82) is 0 Å². The Labute approximate surface area is 142 Å². The minimum absolute atomic E-state index is 0.0186. The molecule has 1 fully saturated rings. The van der Waals surface area contributed by atoms with Crippen molar-refractivity contribution in [2.24, 2.45) is 5.92 Å². The lowest BCUT2D eigenvalue weighted by Crippen LogP contribution is -2.30. The predicted octanol–water partition coefficient (Wildman–Crippen LogP) is 3.54. The molecule has 2 aromatic carbocycles. The first-order chi connectivity index (χ1) is 11.6. The fourth-order valence-electron chi connectivity index (χ4n) is 3.14. The number of benzene rings is 2. The van der Waals surface area contributed by atoms with Gasteiger partial charge in [0, 0.05) is 18.7 Å². The van der Waals surface area contributed by atoms with Gasteiger partial charge in [-0.15, -0.1) is 0 Å². The number of nitrogens with zero attached hydrogens (tertiary/aromatic N) is 1. The number of aryl methyl sites for hydroxylation is 1. The van der Waals surface area contributed by atoms with Gasteiger partial charge in [0.05, 0.1) is 12.0 Å². The van der Waals surface area contributed by atoms with Gasteiger partial charge in [-0.05, 0) is 31.0 Å². The second-order valence-corrected chi connectivity index (χ2v) is 6.34. The summed E-state index contributed by atoms with van der Waals surface area (Å²) in [6, 6.07) is 17.6. The summed E-state index contributed by atoms with van der Waals surface area (Å²) in [5.41, 5.74) is 2.92. The number of hydrogen-bond acceptors (Lipinski definition) is 2. The molecule has 4 nitrogen and oxygen atoms in total. The minimum Gasteiger partial charge on any atom is -0.335 e. The molecule has 0 radical (unpaired) electrons. The number of likely N-dealkylation sites (tertiary alicyclic amines) is 1. The second kappa shape index (κ2) is 6.87. The van der Waals surface area contributed by atoms with Crippen molar-refractivity contribution in [3.05, 3.63) is 65.7 Å². The van der Waals surface area contributed by atoms with Gasteiger partial charge in [-0.1, -0.05) is 48.5 Å². The molecule has 0 spiro atoms. The van der Waals surface area contributed by atoms with Crippen LogP contribution in [0, 0.1) is 12.8 Å². The van der Waals surface area contributed by atoms with E-state index in [-0.39, 0.29) is 30.2 Å². The molecule has 0 bridgehead atoms. The highest BCUT2D eigenvalue weighted by Crippen LogP contribution is 2.29. The molecule has 0 saturated carbocycles. The Balaban J connectivity index is 1.68. The van der Waals surface area contributed by atoms with Gasteiger partial charge in [0.2, 0.25) is 11.8 Å². The third kappa shape index (κ3) is 3.32. The Morgan fingerprint density at radius 3 is 2.50 bits per heavy atom. The van der Waals surface area contributed by atoms with Crippen molar-refractivity contribution in [2.75, 3.05) is 11.9 Å². The standard InChI is InChI=1S/C20H22N2O2/c1-14-8-6-7-11-18(14)21-20(24)17-12-19(23)22(13-17)15(2)16-9-4-3-5-10-16/h3-11,15,17H,12-13H2,1-2H3,(H,21,24)/t15-,17+/m1/s1. The lowest BCUT2D eigenvalue weighted by Gasteiger charge is -2.25. The number of hydrogen-bond donors (Lipinski definition) is 1. The van der Waals surface area contributed by atoms with E-state index in [0.29, 0.717) is 6.54 Å². The lowest BCUT2D eigenvalue weighted by molar-refractivity contribution is -0.129. The predicted molar refractivity (Wildman–Crippen MR) is 94.5 cm³/mol. The molecule has 1 N–H and O–H groups in total. The molecule has 2 aromatic rings. The third-order valence-electron chi connectivity index (χ3n) is 4.68. The maximum atomic E-state index is 12.5. The van der Waals surface area contributed by atoms with E-state index in [4.69, 9.17) is 0 Å². The summed E-state index contributed by atoms with van der Waals surface area (Å²) in [4.78, 5) is 26.7. The van der Waals surface area contributed by atoms with Crippen LogP contribution >= 0.6 is 0 Å². The Hall–Kier alpha value is -2.62. The molecule has 1 aliphatic rings. The van der Waals surface area contributed by atoms with Gasteiger partial charge in [-0.3, -0.25) is 9.59 Å². The lowest BCUT2D eigenvalue weighted by atomic mass is 10.1.